The molecule has 0 saturated carbocycles. The van der Waals surface area contributed by atoms with Crippen molar-refractivity contribution in [3.8, 4) is 0 Å². The van der Waals surface area contributed by atoms with Crippen LogP contribution in [0.3, 0.4) is 0 Å². The quantitative estimate of drug-likeness (QED) is 0.724. The summed E-state index contributed by atoms with van der Waals surface area (Å²) in [4.78, 5) is 0. The third-order valence-corrected chi connectivity index (χ3v) is 3.50. The summed E-state index contributed by atoms with van der Waals surface area (Å²) in [5.41, 5.74) is 0.887. The highest BCUT2D eigenvalue weighted by atomic mass is 16.5. The molecule has 2 atom stereocenters. The molecule has 0 fully saturated rings. The van der Waals surface area contributed by atoms with Gasteiger partial charge in [-0.3, -0.25) is 0 Å². The summed E-state index contributed by atoms with van der Waals surface area (Å²) in [7, 11) is 0. The van der Waals surface area contributed by atoms with E-state index in [0.29, 0.717) is 6.61 Å². The highest BCUT2D eigenvalue weighted by molar-refractivity contribution is 5.27. The van der Waals surface area contributed by atoms with Crippen LogP contribution in [0.5, 0.6) is 0 Å². The Hall–Kier alpha value is -1.54. The number of benzene rings is 1. The summed E-state index contributed by atoms with van der Waals surface area (Å²) in [6.45, 7) is 0.661. The number of ether oxygens (including phenoxy) is 2. The van der Waals surface area contributed by atoms with Crippen LogP contribution in [0.1, 0.15) is 18.4 Å². The van der Waals surface area contributed by atoms with E-state index in [1.165, 1.54) is 5.56 Å². The smallest absolute Gasteiger partial charge is 0.135 e. The zero-order valence-electron chi connectivity index (χ0n) is 9.71. The van der Waals surface area contributed by atoms with Crippen LogP contribution in [-0.4, -0.2) is 12.7 Å². The third kappa shape index (κ3) is 1.79. The molecule has 17 heavy (non-hydrogen) atoms. The van der Waals surface area contributed by atoms with E-state index in [9.17, 15) is 0 Å². The predicted octanol–water partition coefficient (Wildman–Crippen LogP) is 3.16. The number of rotatable bonds is 2. The van der Waals surface area contributed by atoms with E-state index in [1.54, 1.807) is 6.26 Å². The fraction of sp³-hybridized carbons (Fsp3) is 0.333. The zero-order valence-corrected chi connectivity index (χ0v) is 9.71. The third-order valence-electron chi connectivity index (χ3n) is 3.50. The maximum atomic E-state index is 6.08. The second kappa shape index (κ2) is 4.38. The van der Waals surface area contributed by atoms with Gasteiger partial charge in [0.1, 0.15) is 11.7 Å². The molecule has 1 aromatic carbocycles. The van der Waals surface area contributed by atoms with E-state index >= 15 is 0 Å². The molecule has 0 spiro atoms. The molecule has 0 aromatic heterocycles. The van der Waals surface area contributed by atoms with Crippen LogP contribution in [0.4, 0.5) is 0 Å². The van der Waals surface area contributed by atoms with Crippen molar-refractivity contribution in [2.75, 3.05) is 6.61 Å². The van der Waals surface area contributed by atoms with Crippen LogP contribution in [0.25, 0.3) is 0 Å². The fourth-order valence-corrected chi connectivity index (χ4v) is 2.60. The molecule has 1 aromatic rings. The van der Waals surface area contributed by atoms with Crippen molar-refractivity contribution in [1.82, 2.24) is 0 Å². The lowest BCUT2D eigenvalue weighted by Gasteiger charge is -2.39. The molecule has 88 valence electrons. The normalized spacial score (nSPS) is 31.4. The molecule has 2 aliphatic rings. The molecule has 0 radical (unpaired) electrons. The van der Waals surface area contributed by atoms with Gasteiger partial charge in [-0.1, -0.05) is 42.5 Å². The molecular weight excluding hydrogens is 212 g/mol. The minimum absolute atomic E-state index is 0.0925. The summed E-state index contributed by atoms with van der Waals surface area (Å²) in [6, 6.07) is 10.4. The lowest BCUT2D eigenvalue weighted by molar-refractivity contribution is -0.121. The molecule has 0 N–H and O–H groups in total. The number of hydrogen-bond donors (Lipinski definition) is 0. The fourth-order valence-electron chi connectivity index (χ4n) is 2.60. The first-order valence-corrected chi connectivity index (χ1v) is 6.07. The van der Waals surface area contributed by atoms with Crippen molar-refractivity contribution in [2.24, 2.45) is 0 Å². The Morgan fingerprint density at radius 1 is 1.06 bits per heavy atom. The Kier molecular flexibility index (Phi) is 2.73. The summed E-state index contributed by atoms with van der Waals surface area (Å²) >= 11 is 0. The Balaban J connectivity index is 1.99. The summed E-state index contributed by atoms with van der Waals surface area (Å²) in [6.07, 6.45) is 10.0. The standard InChI is InChI=1S/C15H16O2/c1-2-7-13(8-3-1)15(10-4-5-12-17-15)14-9-6-11-16-14/h1-8,11,14H,9-10,12H2/t14-,15+/m1/s1. The number of hydrogen-bond acceptors (Lipinski definition) is 2. The van der Waals surface area contributed by atoms with Gasteiger partial charge < -0.3 is 9.47 Å². The maximum absolute atomic E-state index is 6.08. The molecule has 2 nitrogen and oxygen atoms in total. The molecule has 2 heterocycles. The molecule has 0 unspecified atom stereocenters. The molecular formula is C15H16O2. The lowest BCUT2D eigenvalue weighted by atomic mass is 9.82. The van der Waals surface area contributed by atoms with Gasteiger partial charge in [0.2, 0.25) is 0 Å². The molecule has 3 rings (SSSR count). The minimum Gasteiger partial charge on any atom is -0.495 e. The topological polar surface area (TPSA) is 18.5 Å². The van der Waals surface area contributed by atoms with Crippen molar-refractivity contribution in [3.05, 3.63) is 60.4 Å². The van der Waals surface area contributed by atoms with Crippen LogP contribution < -0.4 is 0 Å². The van der Waals surface area contributed by atoms with E-state index < -0.39 is 0 Å². The van der Waals surface area contributed by atoms with Gasteiger partial charge in [0, 0.05) is 12.8 Å². The van der Waals surface area contributed by atoms with E-state index in [2.05, 4.69) is 42.5 Å². The second-order valence-corrected chi connectivity index (χ2v) is 4.47. The highest BCUT2D eigenvalue weighted by Crippen LogP contribution is 2.40. The van der Waals surface area contributed by atoms with Crippen LogP contribution in [0.15, 0.2) is 54.8 Å². The molecule has 0 amide bonds. The minimum atomic E-state index is -0.320. The first-order chi connectivity index (χ1) is 8.42. The van der Waals surface area contributed by atoms with Gasteiger partial charge in [0.25, 0.3) is 0 Å². The van der Waals surface area contributed by atoms with Gasteiger partial charge in [0.05, 0.1) is 12.9 Å². The van der Waals surface area contributed by atoms with Gasteiger partial charge in [-0.25, -0.2) is 0 Å². The summed E-state index contributed by atoms with van der Waals surface area (Å²) < 4.78 is 11.8. The van der Waals surface area contributed by atoms with Crippen LogP contribution in [0.2, 0.25) is 0 Å². The van der Waals surface area contributed by atoms with Crippen molar-refractivity contribution in [1.29, 1.82) is 0 Å². The van der Waals surface area contributed by atoms with Gasteiger partial charge in [-0.15, -0.1) is 0 Å². The predicted molar refractivity (Wildman–Crippen MR) is 66.5 cm³/mol. The van der Waals surface area contributed by atoms with Crippen LogP contribution >= 0.6 is 0 Å². The van der Waals surface area contributed by atoms with Crippen LogP contribution in [-0.2, 0) is 15.1 Å². The highest BCUT2D eigenvalue weighted by Gasteiger charge is 2.43. The Labute approximate surface area is 102 Å². The average molecular weight is 228 g/mol. The molecule has 0 saturated heterocycles. The lowest BCUT2D eigenvalue weighted by Crippen LogP contribution is -2.43. The van der Waals surface area contributed by atoms with Gasteiger partial charge in [-0.05, 0) is 11.6 Å². The van der Waals surface area contributed by atoms with Gasteiger partial charge in [0.15, 0.2) is 0 Å². The van der Waals surface area contributed by atoms with Gasteiger partial charge >= 0.3 is 0 Å². The van der Waals surface area contributed by atoms with E-state index in [-0.39, 0.29) is 11.7 Å². The molecule has 2 heteroatoms. The summed E-state index contributed by atoms with van der Waals surface area (Å²) in [5, 5.41) is 0. The van der Waals surface area contributed by atoms with Gasteiger partial charge in [-0.2, -0.15) is 0 Å². The van der Waals surface area contributed by atoms with Crippen molar-refractivity contribution < 1.29 is 9.47 Å². The molecule has 0 bridgehead atoms. The molecule has 0 aliphatic carbocycles. The van der Waals surface area contributed by atoms with Crippen molar-refractivity contribution in [2.45, 2.75) is 24.5 Å². The maximum Gasteiger partial charge on any atom is 0.135 e. The van der Waals surface area contributed by atoms with E-state index in [0.717, 1.165) is 12.8 Å². The second-order valence-electron chi connectivity index (χ2n) is 4.47. The first kappa shape index (κ1) is 10.6. The van der Waals surface area contributed by atoms with Crippen molar-refractivity contribution in [3.63, 3.8) is 0 Å². The summed E-state index contributed by atoms with van der Waals surface area (Å²) in [5.74, 6) is 0. The van der Waals surface area contributed by atoms with Crippen LogP contribution in [0, 0.1) is 0 Å². The molecule has 2 aliphatic heterocycles. The van der Waals surface area contributed by atoms with E-state index in [4.69, 9.17) is 9.47 Å². The monoisotopic (exact) mass is 228 g/mol. The Morgan fingerprint density at radius 3 is 2.59 bits per heavy atom. The Morgan fingerprint density at radius 2 is 1.94 bits per heavy atom. The largest absolute Gasteiger partial charge is 0.495 e. The SMILES string of the molecule is C1=CC[C@](c2ccccc2)([C@H]2CC=CO2)OC1. The first-order valence-electron chi connectivity index (χ1n) is 6.07. The van der Waals surface area contributed by atoms with Crippen molar-refractivity contribution >= 4 is 0 Å². The average Bonchev–Trinajstić information content (AvgIpc) is 2.95. The zero-order chi connectivity index (χ0) is 11.6. The van der Waals surface area contributed by atoms with E-state index in [1.807, 2.05) is 6.07 Å². The Bertz CT molecular complexity index is 427.